The molecule has 0 spiro atoms. The lowest BCUT2D eigenvalue weighted by molar-refractivity contribution is 0.252. The molecule has 0 aliphatic heterocycles. The van der Waals surface area contributed by atoms with Crippen molar-refractivity contribution in [1.82, 2.24) is 0 Å². The van der Waals surface area contributed by atoms with Crippen LogP contribution in [0.4, 0.5) is 14.5 Å². The highest BCUT2D eigenvalue weighted by atomic mass is 32.2. The van der Waals surface area contributed by atoms with Crippen molar-refractivity contribution < 1.29 is 8.78 Å². The summed E-state index contributed by atoms with van der Waals surface area (Å²) in [6.07, 6.45) is 0. The van der Waals surface area contributed by atoms with Crippen LogP contribution in [0.2, 0.25) is 0 Å². The van der Waals surface area contributed by atoms with Crippen LogP contribution in [0.15, 0.2) is 46.0 Å². The Hall–Kier alpha value is -1.07. The van der Waals surface area contributed by atoms with Gasteiger partial charge in [-0.3, -0.25) is 0 Å². The number of nitrogens with one attached hydrogen (secondary N) is 1. The van der Waals surface area contributed by atoms with Crippen molar-refractivity contribution in [3.63, 3.8) is 0 Å². The maximum Gasteiger partial charge on any atom is 0.288 e. The summed E-state index contributed by atoms with van der Waals surface area (Å²) in [7, 11) is 0. The summed E-state index contributed by atoms with van der Waals surface area (Å²) >= 11 is 2.19. The molecule has 0 saturated carbocycles. The van der Waals surface area contributed by atoms with E-state index in [4.69, 9.17) is 0 Å². The molecule has 0 atom stereocenters. The number of hydrogen-bond donors (Lipinski definition) is 1. The first-order valence-corrected chi connectivity index (χ1v) is 6.87. The van der Waals surface area contributed by atoms with E-state index in [-0.39, 0.29) is 0 Å². The van der Waals surface area contributed by atoms with Crippen molar-refractivity contribution in [3.8, 4) is 0 Å². The van der Waals surface area contributed by atoms with Gasteiger partial charge in [0, 0.05) is 17.1 Å². The van der Waals surface area contributed by atoms with Gasteiger partial charge in [0.1, 0.15) is 0 Å². The molecule has 17 heavy (non-hydrogen) atoms. The van der Waals surface area contributed by atoms with Gasteiger partial charge in [0.15, 0.2) is 0 Å². The molecule has 5 heteroatoms. The van der Waals surface area contributed by atoms with E-state index < -0.39 is 5.76 Å². The van der Waals surface area contributed by atoms with Crippen molar-refractivity contribution in [2.75, 3.05) is 5.32 Å². The van der Waals surface area contributed by atoms with E-state index in [1.807, 2.05) is 29.0 Å². The van der Waals surface area contributed by atoms with Gasteiger partial charge in [-0.25, -0.2) is 0 Å². The van der Waals surface area contributed by atoms with Gasteiger partial charge in [-0.1, -0.05) is 23.9 Å². The Balaban J connectivity index is 2.04. The van der Waals surface area contributed by atoms with Crippen LogP contribution < -0.4 is 5.32 Å². The summed E-state index contributed by atoms with van der Waals surface area (Å²) in [5, 5.41) is 7.21. The minimum Gasteiger partial charge on any atom is -0.380 e. The second kappa shape index (κ2) is 6.02. The molecule has 0 aliphatic carbocycles. The van der Waals surface area contributed by atoms with Gasteiger partial charge in [0.2, 0.25) is 0 Å². The molecule has 1 aromatic heterocycles. The van der Waals surface area contributed by atoms with Crippen LogP contribution in [0, 0.1) is 0 Å². The number of rotatable bonds is 5. The van der Waals surface area contributed by atoms with E-state index in [0.717, 1.165) is 11.3 Å². The Morgan fingerprint density at radius 2 is 2.06 bits per heavy atom. The number of anilines is 1. The number of alkyl halides is 2. The molecule has 1 nitrogen and oxygen atoms in total. The first-order valence-electron chi connectivity index (χ1n) is 5.04. The number of thiophene rings is 1. The van der Waals surface area contributed by atoms with E-state index >= 15 is 0 Å². The molecule has 1 aromatic carbocycles. The van der Waals surface area contributed by atoms with Gasteiger partial charge < -0.3 is 5.32 Å². The summed E-state index contributed by atoms with van der Waals surface area (Å²) in [6, 6.07) is 9.14. The van der Waals surface area contributed by atoms with Gasteiger partial charge in [-0.15, -0.1) is 0 Å². The number of thioether (sulfide) groups is 1. The minimum atomic E-state index is -2.39. The van der Waals surface area contributed by atoms with Gasteiger partial charge in [-0.05, 0) is 34.5 Å². The molecule has 0 radical (unpaired) electrons. The molecule has 0 fully saturated rings. The smallest absolute Gasteiger partial charge is 0.288 e. The second-order valence-corrected chi connectivity index (χ2v) is 5.17. The lowest BCUT2D eigenvalue weighted by atomic mass is 10.3. The summed E-state index contributed by atoms with van der Waals surface area (Å²) < 4.78 is 24.7. The van der Waals surface area contributed by atoms with Crippen LogP contribution in [0.5, 0.6) is 0 Å². The molecule has 0 aliphatic rings. The average Bonchev–Trinajstić information content (AvgIpc) is 2.80. The van der Waals surface area contributed by atoms with Gasteiger partial charge in [0.05, 0.1) is 0 Å². The zero-order chi connectivity index (χ0) is 12.1. The highest BCUT2D eigenvalue weighted by Gasteiger charge is 2.09. The summed E-state index contributed by atoms with van der Waals surface area (Å²) in [6.45, 7) is 0.657. The fourth-order valence-corrected chi connectivity index (χ4v) is 2.69. The Bertz CT molecular complexity index is 457. The Morgan fingerprint density at radius 3 is 2.76 bits per heavy atom. The fraction of sp³-hybridized carbons (Fsp3) is 0.167. The third kappa shape index (κ3) is 3.71. The monoisotopic (exact) mass is 271 g/mol. The van der Waals surface area contributed by atoms with E-state index in [0.29, 0.717) is 23.2 Å². The van der Waals surface area contributed by atoms with Crippen LogP contribution >= 0.6 is 23.1 Å². The predicted molar refractivity (Wildman–Crippen MR) is 69.9 cm³/mol. The predicted octanol–water partition coefficient (Wildman–Crippen LogP) is 4.67. The molecule has 2 aromatic rings. The van der Waals surface area contributed by atoms with Crippen LogP contribution in [0.25, 0.3) is 0 Å². The van der Waals surface area contributed by atoms with Gasteiger partial charge in [0.25, 0.3) is 5.76 Å². The topological polar surface area (TPSA) is 12.0 Å². The molecule has 1 heterocycles. The lowest BCUT2D eigenvalue weighted by Gasteiger charge is -2.10. The fourth-order valence-electron chi connectivity index (χ4n) is 1.40. The van der Waals surface area contributed by atoms with E-state index in [1.54, 1.807) is 23.5 Å². The lowest BCUT2D eigenvalue weighted by Crippen LogP contribution is -1.99. The van der Waals surface area contributed by atoms with Crippen LogP contribution in [-0.4, -0.2) is 5.76 Å². The summed E-state index contributed by atoms with van der Waals surface area (Å²) in [5.74, 6) is -2.39. The highest BCUT2D eigenvalue weighted by molar-refractivity contribution is 7.99. The molecule has 0 amide bonds. The Labute approximate surface area is 107 Å². The first kappa shape index (κ1) is 12.4. The molecule has 1 N–H and O–H groups in total. The normalized spacial score (nSPS) is 10.8. The maximum atomic E-state index is 12.4. The Morgan fingerprint density at radius 1 is 1.24 bits per heavy atom. The quantitative estimate of drug-likeness (QED) is 0.793. The average molecular weight is 271 g/mol. The third-order valence-corrected chi connectivity index (χ3v) is 3.69. The number of hydrogen-bond acceptors (Lipinski definition) is 3. The highest BCUT2D eigenvalue weighted by Crippen LogP contribution is 2.31. The molecule has 90 valence electrons. The summed E-state index contributed by atoms with van der Waals surface area (Å²) in [5.41, 5.74) is 1.91. The first-order chi connectivity index (χ1) is 8.25. The second-order valence-electron chi connectivity index (χ2n) is 3.36. The zero-order valence-electron chi connectivity index (χ0n) is 8.90. The molecular formula is C12H11F2NS2. The van der Waals surface area contributed by atoms with Crippen molar-refractivity contribution in [3.05, 3.63) is 46.7 Å². The largest absolute Gasteiger partial charge is 0.380 e. The standard InChI is InChI=1S/C12H11F2NS2/c13-12(14)17-11-4-2-1-3-10(11)15-7-9-5-6-16-8-9/h1-6,8,12,15H,7H2. The van der Waals surface area contributed by atoms with Crippen LogP contribution in [-0.2, 0) is 6.54 Å². The van der Waals surface area contributed by atoms with Crippen molar-refractivity contribution >= 4 is 28.8 Å². The van der Waals surface area contributed by atoms with Crippen molar-refractivity contribution in [1.29, 1.82) is 0 Å². The molecule has 0 bridgehead atoms. The van der Waals surface area contributed by atoms with Crippen molar-refractivity contribution in [2.24, 2.45) is 0 Å². The van der Waals surface area contributed by atoms with Gasteiger partial charge >= 0.3 is 0 Å². The number of para-hydroxylation sites is 1. The molecule has 0 unspecified atom stereocenters. The number of halogens is 2. The van der Waals surface area contributed by atoms with Crippen LogP contribution in [0.3, 0.4) is 0 Å². The van der Waals surface area contributed by atoms with E-state index in [1.165, 1.54) is 0 Å². The molecule has 0 saturated heterocycles. The SMILES string of the molecule is FC(F)Sc1ccccc1NCc1ccsc1. The number of benzene rings is 1. The van der Waals surface area contributed by atoms with E-state index in [2.05, 4.69) is 5.32 Å². The van der Waals surface area contributed by atoms with Crippen LogP contribution in [0.1, 0.15) is 5.56 Å². The van der Waals surface area contributed by atoms with E-state index in [9.17, 15) is 8.78 Å². The zero-order valence-corrected chi connectivity index (χ0v) is 10.5. The molecular weight excluding hydrogens is 260 g/mol. The summed E-state index contributed by atoms with van der Waals surface area (Å²) in [4.78, 5) is 0.581. The Kier molecular flexibility index (Phi) is 4.39. The van der Waals surface area contributed by atoms with Crippen molar-refractivity contribution in [2.45, 2.75) is 17.2 Å². The van der Waals surface area contributed by atoms with Gasteiger partial charge in [-0.2, -0.15) is 20.1 Å². The minimum absolute atomic E-state index is 0.569. The third-order valence-electron chi connectivity index (χ3n) is 2.17. The molecule has 2 rings (SSSR count). The maximum absolute atomic E-state index is 12.4.